The van der Waals surface area contributed by atoms with Crippen LogP contribution in [0.4, 0.5) is 11.5 Å². The standard InChI is InChI=1S/C23H26N4O3S/c1-16-14-21(27(25-16)23(2,3)4)24-22(28)18-9-7-10-19(15-18)31(29,30)26-13-12-17-8-5-6-11-20(17)26/h5-11,14-15H,12-13H2,1-4H3,(H,24,28). The first-order chi connectivity index (χ1) is 14.6. The minimum absolute atomic E-state index is 0.0948. The monoisotopic (exact) mass is 438 g/mol. The zero-order chi connectivity index (χ0) is 22.4. The van der Waals surface area contributed by atoms with Crippen molar-refractivity contribution in [1.82, 2.24) is 9.78 Å². The number of aryl methyl sites for hydroxylation is 1. The highest BCUT2D eigenvalue weighted by molar-refractivity contribution is 7.92. The number of anilines is 2. The smallest absolute Gasteiger partial charge is 0.264 e. The SMILES string of the molecule is Cc1cc(NC(=O)c2cccc(S(=O)(=O)N3CCc4ccccc43)c2)n(C(C)(C)C)n1. The third-order valence-corrected chi connectivity index (χ3v) is 7.05. The van der Waals surface area contributed by atoms with E-state index in [1.165, 1.54) is 16.4 Å². The quantitative estimate of drug-likeness (QED) is 0.668. The maximum atomic E-state index is 13.3. The lowest BCUT2D eigenvalue weighted by molar-refractivity contribution is 0.102. The van der Waals surface area contributed by atoms with Crippen LogP contribution in [0.2, 0.25) is 0 Å². The van der Waals surface area contributed by atoms with E-state index in [1.54, 1.807) is 22.9 Å². The van der Waals surface area contributed by atoms with Gasteiger partial charge in [-0.3, -0.25) is 9.10 Å². The summed E-state index contributed by atoms with van der Waals surface area (Å²) in [7, 11) is -3.77. The molecule has 0 spiro atoms. The summed E-state index contributed by atoms with van der Waals surface area (Å²) >= 11 is 0. The van der Waals surface area contributed by atoms with Gasteiger partial charge in [0, 0.05) is 18.2 Å². The second-order valence-electron chi connectivity index (χ2n) is 8.69. The summed E-state index contributed by atoms with van der Waals surface area (Å²) in [5, 5.41) is 7.33. The molecule has 1 N–H and O–H groups in total. The lowest BCUT2D eigenvalue weighted by Gasteiger charge is -2.22. The van der Waals surface area contributed by atoms with Crippen LogP contribution in [0.5, 0.6) is 0 Å². The molecule has 1 amide bonds. The molecule has 8 heteroatoms. The number of nitrogens with zero attached hydrogens (tertiary/aromatic N) is 3. The molecule has 4 rings (SSSR count). The predicted octanol–water partition coefficient (Wildman–Crippen LogP) is 3.95. The lowest BCUT2D eigenvalue weighted by atomic mass is 10.1. The third-order valence-electron chi connectivity index (χ3n) is 5.24. The first kappa shape index (κ1) is 21.1. The largest absolute Gasteiger partial charge is 0.307 e. The van der Waals surface area contributed by atoms with Gasteiger partial charge in [0.05, 0.1) is 21.8 Å². The average Bonchev–Trinajstić information content (AvgIpc) is 3.31. The van der Waals surface area contributed by atoms with Gasteiger partial charge in [-0.2, -0.15) is 5.10 Å². The van der Waals surface area contributed by atoms with Gasteiger partial charge in [0.25, 0.3) is 15.9 Å². The van der Waals surface area contributed by atoms with E-state index in [-0.39, 0.29) is 21.9 Å². The number of rotatable bonds is 4. The number of carbonyl (C=O) groups excluding carboxylic acids is 1. The molecule has 3 aromatic rings. The number of fused-ring (bicyclic) bond motifs is 1. The molecule has 2 heterocycles. The van der Waals surface area contributed by atoms with Crippen LogP contribution in [0.3, 0.4) is 0 Å². The molecule has 0 unspecified atom stereocenters. The predicted molar refractivity (Wildman–Crippen MR) is 121 cm³/mol. The van der Waals surface area contributed by atoms with Gasteiger partial charge in [-0.1, -0.05) is 24.3 Å². The van der Waals surface area contributed by atoms with Gasteiger partial charge in [0.1, 0.15) is 5.82 Å². The van der Waals surface area contributed by atoms with E-state index >= 15 is 0 Å². The number of benzene rings is 2. The molecule has 31 heavy (non-hydrogen) atoms. The van der Waals surface area contributed by atoms with Gasteiger partial charge in [-0.25, -0.2) is 13.1 Å². The minimum Gasteiger partial charge on any atom is -0.307 e. The number of amides is 1. The molecule has 2 aromatic carbocycles. The van der Waals surface area contributed by atoms with E-state index < -0.39 is 10.0 Å². The number of hydrogen-bond acceptors (Lipinski definition) is 4. The third kappa shape index (κ3) is 3.95. The van der Waals surface area contributed by atoms with E-state index in [2.05, 4.69) is 10.4 Å². The molecule has 1 aliphatic rings. The summed E-state index contributed by atoms with van der Waals surface area (Å²) in [6.07, 6.45) is 0.672. The molecule has 1 aromatic heterocycles. The van der Waals surface area contributed by atoms with Crippen molar-refractivity contribution < 1.29 is 13.2 Å². The van der Waals surface area contributed by atoms with E-state index in [0.717, 1.165) is 11.3 Å². The summed E-state index contributed by atoms with van der Waals surface area (Å²) < 4.78 is 29.8. The molecule has 0 saturated carbocycles. The van der Waals surface area contributed by atoms with Crippen molar-refractivity contribution in [2.45, 2.75) is 44.6 Å². The zero-order valence-electron chi connectivity index (χ0n) is 18.1. The number of para-hydroxylation sites is 1. The fraction of sp³-hybridized carbons (Fsp3) is 0.304. The van der Waals surface area contributed by atoms with Crippen molar-refractivity contribution in [3.05, 3.63) is 71.4 Å². The van der Waals surface area contributed by atoms with Gasteiger partial charge < -0.3 is 5.32 Å². The van der Waals surface area contributed by atoms with Gasteiger partial charge in [-0.15, -0.1) is 0 Å². The molecule has 0 aliphatic carbocycles. The van der Waals surface area contributed by atoms with Gasteiger partial charge in [-0.05, 0) is 63.9 Å². The van der Waals surface area contributed by atoms with Gasteiger partial charge in [0.15, 0.2) is 0 Å². The van der Waals surface area contributed by atoms with Crippen molar-refractivity contribution in [2.75, 3.05) is 16.2 Å². The average molecular weight is 439 g/mol. The van der Waals surface area contributed by atoms with Crippen LogP contribution in [-0.4, -0.2) is 30.7 Å². The Morgan fingerprint density at radius 3 is 2.55 bits per heavy atom. The number of nitrogens with one attached hydrogen (secondary N) is 1. The maximum absolute atomic E-state index is 13.3. The van der Waals surface area contributed by atoms with Crippen molar-refractivity contribution in [3.8, 4) is 0 Å². The molecule has 0 radical (unpaired) electrons. The Kier molecular flexibility index (Phi) is 5.13. The Labute approximate surface area is 182 Å². The van der Waals surface area contributed by atoms with E-state index in [1.807, 2.05) is 52.0 Å². The normalized spacial score (nSPS) is 13.9. The summed E-state index contributed by atoms with van der Waals surface area (Å²) in [6, 6.07) is 15.4. The Balaban J connectivity index is 1.63. The van der Waals surface area contributed by atoms with E-state index in [4.69, 9.17) is 0 Å². The van der Waals surface area contributed by atoms with E-state index in [0.29, 0.717) is 24.5 Å². The van der Waals surface area contributed by atoms with Crippen LogP contribution in [0, 0.1) is 6.92 Å². The highest BCUT2D eigenvalue weighted by Gasteiger charge is 2.31. The second kappa shape index (κ2) is 7.53. The molecule has 0 atom stereocenters. The van der Waals surface area contributed by atoms with Gasteiger partial charge in [0.2, 0.25) is 0 Å². The molecule has 7 nitrogen and oxygen atoms in total. The maximum Gasteiger partial charge on any atom is 0.264 e. The highest BCUT2D eigenvalue weighted by atomic mass is 32.2. The van der Waals surface area contributed by atoms with Crippen LogP contribution in [0.15, 0.2) is 59.5 Å². The molecular weight excluding hydrogens is 412 g/mol. The van der Waals surface area contributed by atoms with E-state index in [9.17, 15) is 13.2 Å². The first-order valence-electron chi connectivity index (χ1n) is 10.2. The minimum atomic E-state index is -3.77. The molecule has 1 aliphatic heterocycles. The van der Waals surface area contributed by atoms with Crippen LogP contribution in [-0.2, 0) is 22.0 Å². The van der Waals surface area contributed by atoms with Crippen molar-refractivity contribution in [3.63, 3.8) is 0 Å². The molecule has 162 valence electrons. The molecule has 0 bridgehead atoms. The van der Waals surface area contributed by atoms with Crippen LogP contribution in [0.1, 0.15) is 42.4 Å². The van der Waals surface area contributed by atoms with Crippen molar-refractivity contribution >= 4 is 27.4 Å². The number of sulfonamides is 1. The topological polar surface area (TPSA) is 84.3 Å². The lowest BCUT2D eigenvalue weighted by Crippen LogP contribution is -2.29. The summed E-state index contributed by atoms with van der Waals surface area (Å²) in [5.41, 5.74) is 2.44. The summed E-state index contributed by atoms with van der Waals surface area (Å²) in [4.78, 5) is 13.0. The fourth-order valence-electron chi connectivity index (χ4n) is 3.77. The van der Waals surface area contributed by atoms with Gasteiger partial charge >= 0.3 is 0 Å². The fourth-order valence-corrected chi connectivity index (χ4v) is 5.32. The Bertz CT molecular complexity index is 1260. The van der Waals surface area contributed by atoms with Crippen LogP contribution in [0.25, 0.3) is 0 Å². The number of carbonyl (C=O) groups is 1. The summed E-state index contributed by atoms with van der Waals surface area (Å²) in [6.45, 7) is 8.24. The van der Waals surface area contributed by atoms with Crippen LogP contribution >= 0.6 is 0 Å². The Morgan fingerprint density at radius 1 is 1.06 bits per heavy atom. The first-order valence-corrected chi connectivity index (χ1v) is 11.6. The number of aromatic nitrogens is 2. The molecule has 0 fully saturated rings. The molecule has 0 saturated heterocycles. The van der Waals surface area contributed by atoms with Crippen molar-refractivity contribution in [1.29, 1.82) is 0 Å². The highest BCUT2D eigenvalue weighted by Crippen LogP contribution is 2.33. The summed E-state index contributed by atoms with van der Waals surface area (Å²) in [5.74, 6) is 0.181. The Morgan fingerprint density at radius 2 is 1.81 bits per heavy atom. The Hall–Kier alpha value is -3.13. The molecular formula is C23H26N4O3S. The number of hydrogen-bond donors (Lipinski definition) is 1. The van der Waals surface area contributed by atoms with Crippen molar-refractivity contribution in [2.24, 2.45) is 0 Å². The second-order valence-corrected chi connectivity index (χ2v) is 10.6. The van der Waals surface area contributed by atoms with Crippen LogP contribution < -0.4 is 9.62 Å². The zero-order valence-corrected chi connectivity index (χ0v) is 18.9.